The summed E-state index contributed by atoms with van der Waals surface area (Å²) >= 11 is 3.42. The molecule has 1 aliphatic rings. The largest absolute Gasteiger partial charge is 0.321 e. The monoisotopic (exact) mass is 508 g/mol. The van der Waals surface area contributed by atoms with Gasteiger partial charge < -0.3 is 10.6 Å². The van der Waals surface area contributed by atoms with E-state index in [4.69, 9.17) is 0 Å². The summed E-state index contributed by atoms with van der Waals surface area (Å²) in [5.74, 6) is -0.730. The van der Waals surface area contributed by atoms with Crippen LogP contribution in [0.2, 0.25) is 0 Å². The summed E-state index contributed by atoms with van der Waals surface area (Å²) in [4.78, 5) is 26.1. The average Bonchev–Trinajstić information content (AvgIpc) is 3.23. The van der Waals surface area contributed by atoms with Crippen LogP contribution in [0.4, 0.5) is 5.69 Å². The lowest BCUT2D eigenvalue weighted by Crippen LogP contribution is -2.30. The molecule has 0 atom stereocenters. The number of nitrogens with one attached hydrogen (secondary N) is 2. The molecule has 0 bridgehead atoms. The van der Waals surface area contributed by atoms with E-state index in [0.29, 0.717) is 11.3 Å². The van der Waals surface area contributed by atoms with Crippen molar-refractivity contribution in [3.8, 4) is 11.1 Å². The Labute approximate surface area is 206 Å². The molecule has 1 aliphatic carbocycles. The zero-order valence-corrected chi connectivity index (χ0v) is 19.8. The van der Waals surface area contributed by atoms with Crippen LogP contribution in [0, 0.1) is 0 Å². The first-order valence-corrected chi connectivity index (χ1v) is 11.7. The summed E-state index contributed by atoms with van der Waals surface area (Å²) in [7, 11) is 0. The molecule has 0 fully saturated rings. The van der Waals surface area contributed by atoms with Crippen molar-refractivity contribution in [2.75, 3.05) is 5.32 Å². The highest BCUT2D eigenvalue weighted by Gasteiger charge is 2.19. The number of fused-ring (bicyclic) bond motifs is 3. The highest BCUT2D eigenvalue weighted by atomic mass is 79.9. The van der Waals surface area contributed by atoms with Crippen molar-refractivity contribution in [1.82, 2.24) is 5.32 Å². The van der Waals surface area contributed by atoms with Gasteiger partial charge in [0.05, 0.1) is 0 Å². The molecule has 4 aromatic carbocycles. The molecular formula is C29H21BrN2O2. The number of anilines is 1. The van der Waals surface area contributed by atoms with Gasteiger partial charge in [0.1, 0.15) is 5.70 Å². The predicted molar refractivity (Wildman–Crippen MR) is 139 cm³/mol. The van der Waals surface area contributed by atoms with Crippen LogP contribution in [0.25, 0.3) is 17.2 Å². The van der Waals surface area contributed by atoms with Gasteiger partial charge in [-0.05, 0) is 76.7 Å². The first-order valence-electron chi connectivity index (χ1n) is 10.9. The van der Waals surface area contributed by atoms with Gasteiger partial charge in [-0.1, -0.05) is 76.6 Å². The molecule has 0 heterocycles. The van der Waals surface area contributed by atoms with Crippen molar-refractivity contribution < 1.29 is 9.59 Å². The summed E-state index contributed by atoms with van der Waals surface area (Å²) in [5, 5.41) is 5.74. The van der Waals surface area contributed by atoms with Crippen LogP contribution in [0.15, 0.2) is 107 Å². The Hall–Kier alpha value is -3.96. The SMILES string of the molecule is O=C(Nc1ccc2c(c1)Cc1ccccc1-2)/C(=C\c1ccc(Br)cc1)NC(=O)c1ccccc1. The molecule has 4 nitrogen and oxygen atoms in total. The zero-order valence-electron chi connectivity index (χ0n) is 18.2. The third kappa shape index (κ3) is 4.70. The maximum atomic E-state index is 13.3. The Morgan fingerprint density at radius 3 is 2.26 bits per heavy atom. The van der Waals surface area contributed by atoms with Crippen molar-refractivity contribution in [3.63, 3.8) is 0 Å². The zero-order chi connectivity index (χ0) is 23.5. The molecule has 5 heteroatoms. The predicted octanol–water partition coefficient (Wildman–Crippen LogP) is 6.43. The van der Waals surface area contributed by atoms with Crippen molar-refractivity contribution >= 4 is 39.5 Å². The molecule has 0 saturated heterocycles. The number of amides is 2. The molecule has 0 spiro atoms. The highest BCUT2D eigenvalue weighted by Crippen LogP contribution is 2.37. The second kappa shape index (κ2) is 9.49. The molecular weight excluding hydrogens is 488 g/mol. The number of hydrogen-bond donors (Lipinski definition) is 2. The standard InChI is InChI=1S/C29H21BrN2O2/c30-23-12-10-19(11-13-23)16-27(32-28(33)20-6-2-1-3-7-20)29(34)31-24-14-15-26-22(18-24)17-21-8-4-5-9-25(21)26/h1-16,18H,17H2,(H,31,34)(H,32,33)/b27-16+. The number of carbonyl (C=O) groups excluding carboxylic acids is 2. The van der Waals surface area contributed by atoms with E-state index < -0.39 is 0 Å². The number of benzene rings is 4. The number of rotatable bonds is 5. The van der Waals surface area contributed by atoms with Crippen LogP contribution in [-0.2, 0) is 11.2 Å². The van der Waals surface area contributed by atoms with E-state index in [0.717, 1.165) is 16.5 Å². The molecule has 2 N–H and O–H groups in total. The van der Waals surface area contributed by atoms with Crippen molar-refractivity contribution in [3.05, 3.63) is 129 Å². The highest BCUT2D eigenvalue weighted by molar-refractivity contribution is 9.10. The van der Waals surface area contributed by atoms with Gasteiger partial charge in [0, 0.05) is 15.7 Å². The molecule has 0 radical (unpaired) electrons. The lowest BCUT2D eigenvalue weighted by atomic mass is 10.1. The summed E-state index contributed by atoms with van der Waals surface area (Å²) < 4.78 is 0.933. The Morgan fingerprint density at radius 1 is 0.765 bits per heavy atom. The topological polar surface area (TPSA) is 58.2 Å². The average molecular weight is 509 g/mol. The van der Waals surface area contributed by atoms with Gasteiger partial charge in [-0.25, -0.2) is 0 Å². The maximum Gasteiger partial charge on any atom is 0.272 e. The summed E-state index contributed by atoms with van der Waals surface area (Å²) in [6.07, 6.45) is 2.51. The maximum absolute atomic E-state index is 13.3. The van der Waals surface area contributed by atoms with Crippen LogP contribution in [-0.4, -0.2) is 11.8 Å². The third-order valence-electron chi connectivity index (χ3n) is 5.76. The normalized spacial score (nSPS) is 12.0. The lowest BCUT2D eigenvalue weighted by Gasteiger charge is -2.12. The van der Waals surface area contributed by atoms with Crippen molar-refractivity contribution in [1.29, 1.82) is 0 Å². The fourth-order valence-corrected chi connectivity index (χ4v) is 4.35. The molecule has 0 saturated carbocycles. The summed E-state index contributed by atoms with van der Waals surface area (Å²) in [6, 6.07) is 30.6. The molecule has 5 rings (SSSR count). The third-order valence-corrected chi connectivity index (χ3v) is 6.29. The minimum absolute atomic E-state index is 0.167. The van der Waals surface area contributed by atoms with Gasteiger partial charge in [0.2, 0.25) is 0 Å². The van der Waals surface area contributed by atoms with E-state index in [-0.39, 0.29) is 17.5 Å². The molecule has 0 aliphatic heterocycles. The van der Waals surface area contributed by atoms with Crippen LogP contribution in [0.5, 0.6) is 0 Å². The number of hydrogen-bond acceptors (Lipinski definition) is 2. The van der Waals surface area contributed by atoms with E-state index in [1.165, 1.54) is 22.3 Å². The van der Waals surface area contributed by atoms with E-state index in [2.05, 4.69) is 38.7 Å². The molecule has 0 unspecified atom stereocenters. The van der Waals surface area contributed by atoms with Gasteiger partial charge in [0.25, 0.3) is 11.8 Å². The van der Waals surface area contributed by atoms with Gasteiger partial charge >= 0.3 is 0 Å². The fourth-order valence-electron chi connectivity index (χ4n) is 4.09. The lowest BCUT2D eigenvalue weighted by molar-refractivity contribution is -0.113. The van der Waals surface area contributed by atoms with Crippen LogP contribution >= 0.6 is 15.9 Å². The molecule has 2 amide bonds. The first kappa shape index (κ1) is 21.9. The second-order valence-corrected chi connectivity index (χ2v) is 9.01. The van der Waals surface area contributed by atoms with Gasteiger partial charge in [-0.3, -0.25) is 9.59 Å². The minimum Gasteiger partial charge on any atom is -0.321 e. The molecule has 166 valence electrons. The van der Waals surface area contributed by atoms with Crippen LogP contribution in [0.3, 0.4) is 0 Å². The van der Waals surface area contributed by atoms with Gasteiger partial charge in [0.15, 0.2) is 0 Å². The van der Waals surface area contributed by atoms with Crippen molar-refractivity contribution in [2.45, 2.75) is 6.42 Å². The number of halogens is 1. The molecule has 4 aromatic rings. The summed E-state index contributed by atoms with van der Waals surface area (Å²) in [6.45, 7) is 0. The first-order chi connectivity index (χ1) is 16.6. The van der Waals surface area contributed by atoms with E-state index >= 15 is 0 Å². The van der Waals surface area contributed by atoms with Gasteiger partial charge in [-0.2, -0.15) is 0 Å². The van der Waals surface area contributed by atoms with Crippen molar-refractivity contribution in [2.24, 2.45) is 0 Å². The Bertz CT molecular complexity index is 1410. The Kier molecular flexibility index (Phi) is 6.11. The van der Waals surface area contributed by atoms with Crippen LogP contribution in [0.1, 0.15) is 27.0 Å². The quantitative estimate of drug-likeness (QED) is 0.268. The number of carbonyl (C=O) groups is 2. The fraction of sp³-hybridized carbons (Fsp3) is 0.0345. The summed E-state index contributed by atoms with van der Waals surface area (Å²) in [5.41, 5.74) is 7.02. The minimum atomic E-state index is -0.386. The Morgan fingerprint density at radius 2 is 1.47 bits per heavy atom. The second-order valence-electron chi connectivity index (χ2n) is 8.09. The van der Waals surface area contributed by atoms with E-state index in [1.807, 2.05) is 60.7 Å². The Balaban J connectivity index is 1.41. The van der Waals surface area contributed by atoms with Crippen LogP contribution < -0.4 is 10.6 Å². The van der Waals surface area contributed by atoms with E-state index in [1.54, 1.807) is 30.3 Å². The van der Waals surface area contributed by atoms with E-state index in [9.17, 15) is 9.59 Å². The molecule has 0 aromatic heterocycles. The molecule has 34 heavy (non-hydrogen) atoms. The van der Waals surface area contributed by atoms with Gasteiger partial charge in [-0.15, -0.1) is 0 Å². The smallest absolute Gasteiger partial charge is 0.272 e.